The van der Waals surface area contributed by atoms with Gasteiger partial charge in [-0.1, -0.05) is 0 Å². The van der Waals surface area contributed by atoms with Gasteiger partial charge in [-0.2, -0.15) is 0 Å². The highest BCUT2D eigenvalue weighted by Crippen LogP contribution is 1.77. The van der Waals surface area contributed by atoms with Gasteiger partial charge in [0, 0.05) is 13.6 Å². The van der Waals surface area contributed by atoms with Crippen LogP contribution < -0.4 is 16.4 Å². The zero-order chi connectivity index (χ0) is 10.8. The van der Waals surface area contributed by atoms with Gasteiger partial charge in [-0.25, -0.2) is 0 Å². The highest BCUT2D eigenvalue weighted by molar-refractivity contribution is 5.85. The minimum absolute atomic E-state index is 0. The Bertz CT molecular complexity index is 190. The summed E-state index contributed by atoms with van der Waals surface area (Å²) in [6.07, 6.45) is 0.737. The molecule has 0 aromatic carbocycles. The van der Waals surface area contributed by atoms with E-state index in [1.54, 1.807) is 0 Å². The van der Waals surface area contributed by atoms with Gasteiger partial charge in [-0.3, -0.25) is 9.59 Å². The molecule has 0 atom stereocenters. The number of hydrogen-bond donors (Lipinski definition) is 3. The third-order valence-electron chi connectivity index (χ3n) is 1.45. The molecule has 0 radical (unpaired) electrons. The minimum Gasteiger partial charge on any atom is -0.362 e. The fourth-order valence-electron chi connectivity index (χ4n) is 0.689. The van der Waals surface area contributed by atoms with Gasteiger partial charge in [0.1, 0.15) is 13.2 Å². The molecule has 2 amide bonds. The van der Waals surface area contributed by atoms with Gasteiger partial charge in [0.15, 0.2) is 0 Å². The predicted octanol–water partition coefficient (Wildman–Crippen LogP) is -1.36. The lowest BCUT2D eigenvalue weighted by atomic mass is 10.4. The first kappa shape index (κ1) is 16.6. The zero-order valence-electron chi connectivity index (χ0n) is 8.75. The van der Waals surface area contributed by atoms with Crippen LogP contribution in [0.15, 0.2) is 0 Å². The number of halogens is 1. The quantitative estimate of drug-likeness (QED) is 0.478. The molecular formula is C8H18ClN3O3. The lowest BCUT2D eigenvalue weighted by Gasteiger charge is -2.04. The number of ether oxygens (including phenoxy) is 1. The summed E-state index contributed by atoms with van der Waals surface area (Å²) in [5.74, 6) is -0.484. The lowest BCUT2D eigenvalue weighted by Crippen LogP contribution is -2.31. The molecule has 0 bridgehead atoms. The summed E-state index contributed by atoms with van der Waals surface area (Å²) in [7, 11) is 1.51. The molecule has 0 saturated heterocycles. The maximum Gasteiger partial charge on any atom is 0.246 e. The van der Waals surface area contributed by atoms with E-state index in [-0.39, 0.29) is 37.4 Å². The number of hydrogen-bond acceptors (Lipinski definition) is 4. The number of amides is 2. The second-order valence-corrected chi connectivity index (χ2v) is 2.66. The second-order valence-electron chi connectivity index (χ2n) is 2.66. The number of likely N-dealkylation sites (N-methyl/N-ethyl adjacent to an activating group) is 1. The molecule has 0 aliphatic carbocycles. The molecule has 7 heteroatoms. The molecule has 0 rings (SSSR count). The van der Waals surface area contributed by atoms with Gasteiger partial charge >= 0.3 is 0 Å². The number of carbonyl (C=O) groups is 2. The normalized spacial score (nSPS) is 8.93. The lowest BCUT2D eigenvalue weighted by molar-refractivity contribution is -0.130. The molecule has 0 aromatic heterocycles. The number of carbonyl (C=O) groups excluding carboxylic acids is 2. The number of nitrogens with one attached hydrogen (secondary N) is 2. The van der Waals surface area contributed by atoms with Crippen LogP contribution in [0.2, 0.25) is 0 Å². The van der Waals surface area contributed by atoms with Crippen LogP contribution in [0.25, 0.3) is 0 Å². The van der Waals surface area contributed by atoms with Gasteiger partial charge in [0.05, 0.1) is 0 Å². The summed E-state index contributed by atoms with van der Waals surface area (Å²) in [5, 5.41) is 4.98. The Morgan fingerprint density at radius 1 is 1.27 bits per heavy atom. The van der Waals surface area contributed by atoms with Crippen molar-refractivity contribution < 1.29 is 14.3 Å². The van der Waals surface area contributed by atoms with Crippen molar-refractivity contribution in [3.8, 4) is 0 Å². The monoisotopic (exact) mass is 239 g/mol. The molecule has 4 N–H and O–H groups in total. The molecule has 6 nitrogen and oxygen atoms in total. The third-order valence-corrected chi connectivity index (χ3v) is 1.45. The van der Waals surface area contributed by atoms with Crippen molar-refractivity contribution in [3.63, 3.8) is 0 Å². The van der Waals surface area contributed by atoms with Crippen molar-refractivity contribution in [3.05, 3.63) is 0 Å². The summed E-state index contributed by atoms with van der Waals surface area (Å²) in [6, 6.07) is 0. The topological polar surface area (TPSA) is 93.4 Å². The van der Waals surface area contributed by atoms with Crippen LogP contribution in [0.1, 0.15) is 6.42 Å². The SMILES string of the molecule is CNC(=O)COCC(=O)NCCCN.Cl. The molecule has 0 fully saturated rings. The molecule has 90 valence electrons. The average Bonchev–Trinajstić information content (AvgIpc) is 2.18. The first-order valence-electron chi connectivity index (χ1n) is 4.45. The standard InChI is InChI=1S/C8H17N3O3.ClH/c1-10-7(12)5-14-6-8(13)11-4-2-3-9;/h2-6,9H2,1H3,(H,10,12)(H,11,13);1H. The van der Waals surface area contributed by atoms with E-state index in [1.165, 1.54) is 7.05 Å². The van der Waals surface area contributed by atoms with Crippen LogP contribution in [-0.4, -0.2) is 45.2 Å². The molecule has 0 aliphatic heterocycles. The minimum atomic E-state index is -0.250. The molecule has 0 unspecified atom stereocenters. The van der Waals surface area contributed by atoms with E-state index in [1.807, 2.05) is 0 Å². The van der Waals surface area contributed by atoms with E-state index < -0.39 is 0 Å². The summed E-state index contributed by atoms with van der Waals surface area (Å²) < 4.78 is 4.82. The third kappa shape index (κ3) is 11.1. The molecule has 0 heterocycles. The van der Waals surface area contributed by atoms with Gasteiger partial charge in [0.2, 0.25) is 11.8 Å². The van der Waals surface area contributed by atoms with Crippen molar-refractivity contribution >= 4 is 24.2 Å². The van der Waals surface area contributed by atoms with E-state index in [0.717, 1.165) is 6.42 Å². The second kappa shape index (κ2) is 11.2. The predicted molar refractivity (Wildman–Crippen MR) is 58.8 cm³/mol. The molecule has 0 saturated carbocycles. The van der Waals surface area contributed by atoms with Crippen LogP contribution in [0.4, 0.5) is 0 Å². The first-order valence-corrected chi connectivity index (χ1v) is 4.45. The Kier molecular flexibility index (Phi) is 12.4. The van der Waals surface area contributed by atoms with Crippen LogP contribution in [0.3, 0.4) is 0 Å². The largest absolute Gasteiger partial charge is 0.362 e. The van der Waals surface area contributed by atoms with Gasteiger partial charge < -0.3 is 21.1 Å². The van der Waals surface area contributed by atoms with Crippen LogP contribution in [-0.2, 0) is 14.3 Å². The van der Waals surface area contributed by atoms with Crippen LogP contribution in [0.5, 0.6) is 0 Å². The Morgan fingerprint density at radius 2 is 1.87 bits per heavy atom. The van der Waals surface area contributed by atoms with Gasteiger partial charge in [0.25, 0.3) is 0 Å². The van der Waals surface area contributed by atoms with E-state index in [2.05, 4.69) is 10.6 Å². The highest BCUT2D eigenvalue weighted by atomic mass is 35.5. The number of rotatable bonds is 7. The van der Waals surface area contributed by atoms with Crippen molar-refractivity contribution in [1.82, 2.24) is 10.6 Å². The molecule has 0 spiro atoms. The van der Waals surface area contributed by atoms with Crippen molar-refractivity contribution in [2.24, 2.45) is 5.73 Å². The van der Waals surface area contributed by atoms with E-state index in [9.17, 15) is 9.59 Å². The van der Waals surface area contributed by atoms with Crippen LogP contribution in [0, 0.1) is 0 Å². The van der Waals surface area contributed by atoms with Crippen molar-refractivity contribution in [2.75, 3.05) is 33.4 Å². The molecule has 0 aromatic rings. The maximum atomic E-state index is 11.0. The first-order chi connectivity index (χ1) is 6.70. The Hall–Kier alpha value is -0.850. The number of nitrogens with two attached hydrogens (primary N) is 1. The van der Waals surface area contributed by atoms with Crippen molar-refractivity contribution in [1.29, 1.82) is 0 Å². The average molecular weight is 240 g/mol. The fourth-order valence-corrected chi connectivity index (χ4v) is 0.689. The summed E-state index contributed by atoms with van der Waals surface area (Å²) in [5.41, 5.74) is 5.24. The van der Waals surface area contributed by atoms with Crippen LogP contribution >= 0.6 is 12.4 Å². The fraction of sp³-hybridized carbons (Fsp3) is 0.750. The molecule has 0 aliphatic rings. The zero-order valence-corrected chi connectivity index (χ0v) is 9.56. The summed E-state index contributed by atoms with van der Waals surface area (Å²) >= 11 is 0. The van der Waals surface area contributed by atoms with Gasteiger partial charge in [-0.05, 0) is 13.0 Å². The Morgan fingerprint density at radius 3 is 2.40 bits per heavy atom. The van der Waals surface area contributed by atoms with E-state index in [4.69, 9.17) is 10.5 Å². The Labute approximate surface area is 95.3 Å². The summed E-state index contributed by atoms with van der Waals surface area (Å²) in [4.78, 5) is 21.6. The summed E-state index contributed by atoms with van der Waals surface area (Å²) in [6.45, 7) is 0.886. The highest BCUT2D eigenvalue weighted by Gasteiger charge is 2.02. The van der Waals surface area contributed by atoms with Gasteiger partial charge in [-0.15, -0.1) is 12.4 Å². The molecule has 15 heavy (non-hydrogen) atoms. The smallest absolute Gasteiger partial charge is 0.246 e. The molecular weight excluding hydrogens is 222 g/mol. The van der Waals surface area contributed by atoms with E-state index in [0.29, 0.717) is 13.1 Å². The van der Waals surface area contributed by atoms with E-state index >= 15 is 0 Å². The maximum absolute atomic E-state index is 11.0. The Balaban J connectivity index is 0. The van der Waals surface area contributed by atoms with Crippen molar-refractivity contribution in [2.45, 2.75) is 6.42 Å².